The lowest BCUT2D eigenvalue weighted by Gasteiger charge is -2.26. The van der Waals surface area contributed by atoms with Crippen LogP contribution >= 0.6 is 0 Å². The molecule has 2 aliphatic carbocycles. The summed E-state index contributed by atoms with van der Waals surface area (Å²) in [6.07, 6.45) is 5.71. The maximum Gasteiger partial charge on any atom is 0.241 e. The summed E-state index contributed by atoms with van der Waals surface area (Å²) in [5, 5.41) is 3.03. The average Bonchev–Trinajstić information content (AvgIpc) is 3.26. The second-order valence-corrected chi connectivity index (χ2v) is 9.06. The van der Waals surface area contributed by atoms with Crippen LogP contribution in [0.1, 0.15) is 25.7 Å². The summed E-state index contributed by atoms with van der Waals surface area (Å²) in [6, 6.07) is 5.06. The largest absolute Gasteiger partial charge is 0.454 e. The zero-order valence-corrected chi connectivity index (χ0v) is 14.9. The van der Waals surface area contributed by atoms with Gasteiger partial charge >= 0.3 is 0 Å². The van der Waals surface area contributed by atoms with Gasteiger partial charge in [0.2, 0.25) is 22.7 Å². The predicted molar refractivity (Wildman–Crippen MR) is 92.1 cm³/mol. The lowest BCUT2D eigenvalue weighted by atomic mass is 9.95. The fraction of sp³-hybridized carbons (Fsp3) is 0.588. The SMILES string of the molecule is CS(=O)(=O)N(CC(=O)N[C@@H]1C[C@H]2CC[C@@H]1C2)c1ccc2c(c1)OCO2. The maximum absolute atomic E-state index is 12.5. The Balaban J connectivity index is 1.49. The molecule has 25 heavy (non-hydrogen) atoms. The molecule has 3 aliphatic rings. The van der Waals surface area contributed by atoms with Crippen molar-refractivity contribution in [3.05, 3.63) is 18.2 Å². The van der Waals surface area contributed by atoms with Crippen molar-refractivity contribution in [2.75, 3.05) is 23.9 Å². The molecule has 1 aromatic carbocycles. The number of benzene rings is 1. The highest BCUT2D eigenvalue weighted by Crippen LogP contribution is 2.44. The minimum Gasteiger partial charge on any atom is -0.454 e. The lowest BCUT2D eigenvalue weighted by Crippen LogP contribution is -2.45. The number of sulfonamides is 1. The van der Waals surface area contributed by atoms with Gasteiger partial charge in [0.25, 0.3) is 0 Å². The molecule has 8 heteroatoms. The molecule has 2 fully saturated rings. The fourth-order valence-electron chi connectivity index (χ4n) is 4.24. The van der Waals surface area contributed by atoms with Crippen LogP contribution in [-0.4, -0.2) is 40.0 Å². The first-order valence-corrected chi connectivity index (χ1v) is 10.4. The van der Waals surface area contributed by atoms with Gasteiger partial charge in [-0.25, -0.2) is 8.42 Å². The summed E-state index contributed by atoms with van der Waals surface area (Å²) in [5.41, 5.74) is 0.398. The molecule has 4 rings (SSSR count). The number of rotatable bonds is 5. The van der Waals surface area contributed by atoms with Gasteiger partial charge in [-0.05, 0) is 43.2 Å². The topological polar surface area (TPSA) is 84.9 Å². The first-order valence-electron chi connectivity index (χ1n) is 8.57. The molecule has 136 valence electrons. The first kappa shape index (κ1) is 16.5. The third-order valence-corrected chi connectivity index (χ3v) is 6.56. The second kappa shape index (κ2) is 6.09. The van der Waals surface area contributed by atoms with Gasteiger partial charge in [0.05, 0.1) is 11.9 Å². The Labute approximate surface area is 147 Å². The number of nitrogens with zero attached hydrogens (tertiary/aromatic N) is 1. The monoisotopic (exact) mass is 366 g/mol. The van der Waals surface area contributed by atoms with E-state index in [1.54, 1.807) is 18.2 Å². The highest BCUT2D eigenvalue weighted by Gasteiger charge is 2.40. The Morgan fingerprint density at radius 1 is 1.24 bits per heavy atom. The zero-order valence-electron chi connectivity index (χ0n) is 14.1. The van der Waals surface area contributed by atoms with Gasteiger partial charge in [0.1, 0.15) is 6.54 Å². The average molecular weight is 366 g/mol. The molecule has 0 spiro atoms. The molecule has 2 bridgehead atoms. The van der Waals surface area contributed by atoms with Crippen LogP contribution in [0.5, 0.6) is 11.5 Å². The van der Waals surface area contributed by atoms with Crippen molar-refractivity contribution in [3.8, 4) is 11.5 Å². The summed E-state index contributed by atoms with van der Waals surface area (Å²) in [4.78, 5) is 12.5. The number of carbonyl (C=O) groups excluding carboxylic acids is 1. The van der Waals surface area contributed by atoms with Crippen LogP contribution in [-0.2, 0) is 14.8 Å². The number of ether oxygens (including phenoxy) is 2. The molecule has 1 amide bonds. The van der Waals surface area contributed by atoms with Crippen LogP contribution in [0.3, 0.4) is 0 Å². The third kappa shape index (κ3) is 3.27. The molecule has 1 heterocycles. The molecule has 2 saturated carbocycles. The highest BCUT2D eigenvalue weighted by atomic mass is 32.2. The van der Waals surface area contributed by atoms with Crippen LogP contribution in [0.15, 0.2) is 18.2 Å². The molecule has 0 unspecified atom stereocenters. The van der Waals surface area contributed by atoms with Gasteiger partial charge < -0.3 is 14.8 Å². The van der Waals surface area contributed by atoms with Gasteiger partial charge in [-0.15, -0.1) is 0 Å². The number of amides is 1. The van der Waals surface area contributed by atoms with Crippen LogP contribution in [0, 0.1) is 11.8 Å². The predicted octanol–water partition coefficient (Wildman–Crippen LogP) is 1.49. The summed E-state index contributed by atoms with van der Waals surface area (Å²) in [7, 11) is -3.60. The van der Waals surface area contributed by atoms with Crippen LogP contribution < -0.4 is 19.1 Å². The Bertz CT molecular complexity index is 794. The van der Waals surface area contributed by atoms with Crippen molar-refractivity contribution in [1.82, 2.24) is 5.32 Å². The van der Waals surface area contributed by atoms with Crippen molar-refractivity contribution in [2.45, 2.75) is 31.7 Å². The van der Waals surface area contributed by atoms with Crippen LogP contribution in [0.4, 0.5) is 5.69 Å². The molecule has 1 aromatic rings. The fourth-order valence-corrected chi connectivity index (χ4v) is 5.09. The molecule has 1 aliphatic heterocycles. The van der Waals surface area contributed by atoms with E-state index in [9.17, 15) is 13.2 Å². The summed E-state index contributed by atoms with van der Waals surface area (Å²) in [5.74, 6) is 2.06. The molecule has 0 aromatic heterocycles. The second-order valence-electron chi connectivity index (χ2n) is 7.16. The number of hydrogen-bond acceptors (Lipinski definition) is 5. The number of hydrogen-bond donors (Lipinski definition) is 1. The van der Waals surface area contributed by atoms with Gasteiger partial charge in [0.15, 0.2) is 11.5 Å². The molecule has 0 saturated heterocycles. The minimum absolute atomic E-state index is 0.113. The van der Waals surface area contributed by atoms with Crippen LogP contribution in [0.2, 0.25) is 0 Å². The summed E-state index contributed by atoms with van der Waals surface area (Å²) >= 11 is 0. The van der Waals surface area contributed by atoms with E-state index >= 15 is 0 Å². The van der Waals surface area contributed by atoms with E-state index in [4.69, 9.17) is 9.47 Å². The van der Waals surface area contributed by atoms with Gasteiger partial charge in [-0.2, -0.15) is 0 Å². The Hall–Kier alpha value is -1.96. The van der Waals surface area contributed by atoms with Crippen molar-refractivity contribution < 1.29 is 22.7 Å². The third-order valence-electron chi connectivity index (χ3n) is 5.42. The van der Waals surface area contributed by atoms with E-state index < -0.39 is 10.0 Å². The standard InChI is InChI=1S/C17H22N2O5S/c1-25(21,22)19(13-4-5-15-16(8-13)24-10-23-15)9-17(20)18-14-7-11-2-3-12(14)6-11/h4-5,8,11-12,14H,2-3,6-7,9-10H2,1H3,(H,18,20)/t11-,12+,14+/m0/s1. The maximum atomic E-state index is 12.5. The van der Waals surface area contributed by atoms with Crippen molar-refractivity contribution >= 4 is 21.6 Å². The van der Waals surface area contributed by atoms with Crippen molar-refractivity contribution in [3.63, 3.8) is 0 Å². The van der Waals surface area contributed by atoms with Crippen LogP contribution in [0.25, 0.3) is 0 Å². The summed E-state index contributed by atoms with van der Waals surface area (Å²) in [6.45, 7) is -0.116. The number of anilines is 1. The van der Waals surface area contributed by atoms with Crippen molar-refractivity contribution in [2.24, 2.45) is 11.8 Å². The van der Waals surface area contributed by atoms with E-state index in [2.05, 4.69) is 5.32 Å². The zero-order chi connectivity index (χ0) is 17.6. The molecule has 7 nitrogen and oxygen atoms in total. The lowest BCUT2D eigenvalue weighted by molar-refractivity contribution is -0.120. The van der Waals surface area contributed by atoms with E-state index in [0.29, 0.717) is 23.1 Å². The normalized spacial score (nSPS) is 26.7. The number of carbonyl (C=O) groups is 1. The molecule has 3 atom stereocenters. The Kier molecular flexibility index (Phi) is 4.02. The van der Waals surface area contributed by atoms with Gasteiger partial charge in [0, 0.05) is 12.1 Å². The van der Waals surface area contributed by atoms with Gasteiger partial charge in [-0.3, -0.25) is 9.10 Å². The highest BCUT2D eigenvalue weighted by molar-refractivity contribution is 7.92. The smallest absolute Gasteiger partial charge is 0.241 e. The summed E-state index contributed by atoms with van der Waals surface area (Å²) < 4.78 is 36.1. The molecular weight excluding hydrogens is 344 g/mol. The van der Waals surface area contributed by atoms with Crippen molar-refractivity contribution in [1.29, 1.82) is 0 Å². The van der Waals surface area contributed by atoms with E-state index in [1.807, 2.05) is 0 Å². The first-order chi connectivity index (χ1) is 11.9. The Morgan fingerprint density at radius 2 is 2.04 bits per heavy atom. The number of nitrogens with one attached hydrogen (secondary N) is 1. The molecule has 0 radical (unpaired) electrons. The van der Waals surface area contributed by atoms with Gasteiger partial charge in [-0.1, -0.05) is 6.42 Å². The molecular formula is C17H22N2O5S. The number of fused-ring (bicyclic) bond motifs is 3. The van der Waals surface area contributed by atoms with E-state index in [-0.39, 0.29) is 25.3 Å². The Morgan fingerprint density at radius 3 is 2.72 bits per heavy atom. The molecule has 1 N–H and O–H groups in total. The van der Waals surface area contributed by atoms with E-state index in [1.165, 1.54) is 12.8 Å². The quantitative estimate of drug-likeness (QED) is 0.853. The van der Waals surface area contributed by atoms with E-state index in [0.717, 1.165) is 29.3 Å². The minimum atomic E-state index is -3.60.